The fourth-order valence-electron chi connectivity index (χ4n) is 3.35. The quantitative estimate of drug-likeness (QED) is 0.410. The lowest BCUT2D eigenvalue weighted by Gasteiger charge is -2.30. The van der Waals surface area contributed by atoms with Gasteiger partial charge in [0.15, 0.2) is 5.76 Å². The zero-order valence-corrected chi connectivity index (χ0v) is 18.8. The molecule has 1 aliphatic rings. The van der Waals surface area contributed by atoms with Gasteiger partial charge in [0.2, 0.25) is 5.78 Å². The summed E-state index contributed by atoms with van der Waals surface area (Å²) in [5.74, 6) is -1.44. The monoisotopic (exact) mass is 467 g/mol. The van der Waals surface area contributed by atoms with Crippen LogP contribution >= 0.6 is 11.6 Å². The second kappa shape index (κ2) is 8.26. The Morgan fingerprint density at radius 3 is 2.12 bits per heavy atom. The number of carbonyl (C=O) groups is 2. The first-order valence-electron chi connectivity index (χ1n) is 9.62. The number of nitrogens with zero attached hydrogens (tertiary/aromatic N) is 1. The molecule has 1 aliphatic heterocycles. The highest BCUT2D eigenvalue weighted by Gasteiger charge is 2.39. The van der Waals surface area contributed by atoms with Crippen molar-refractivity contribution in [2.24, 2.45) is 0 Å². The van der Waals surface area contributed by atoms with E-state index in [0.29, 0.717) is 5.02 Å². The predicted octanol–water partition coefficient (Wildman–Crippen LogP) is 4.69. The number of likely N-dealkylation sites (N-methyl/N-ethyl adjacent to an activating group) is 1. The van der Waals surface area contributed by atoms with Crippen LogP contribution in [0.1, 0.15) is 31.8 Å². The minimum atomic E-state index is -4.02. The third-order valence-electron chi connectivity index (χ3n) is 5.10. The molecule has 0 N–H and O–H groups in total. The Bertz CT molecular complexity index is 1360. The van der Waals surface area contributed by atoms with Crippen LogP contribution in [0.4, 0.5) is 0 Å². The van der Waals surface area contributed by atoms with Crippen molar-refractivity contribution < 1.29 is 22.7 Å². The van der Waals surface area contributed by atoms with Gasteiger partial charge in [-0.05, 0) is 43.3 Å². The molecule has 0 radical (unpaired) electrons. The topological polar surface area (TPSA) is 80.8 Å². The zero-order chi connectivity index (χ0) is 23.0. The Labute approximate surface area is 190 Å². The maximum absolute atomic E-state index is 13.4. The highest BCUT2D eigenvalue weighted by Crippen LogP contribution is 2.38. The average Bonchev–Trinajstić information content (AvgIpc) is 2.78. The molecule has 32 heavy (non-hydrogen) atoms. The SMILES string of the molecule is Cc1ccc(C(=O)C2=C(OC(=O)c3ccc(Cl)cc3)c3ccccc3S(=O)(=O)N2C)cc1. The van der Waals surface area contributed by atoms with E-state index in [0.717, 1.165) is 9.87 Å². The summed E-state index contributed by atoms with van der Waals surface area (Å²) in [4.78, 5) is 26.2. The maximum Gasteiger partial charge on any atom is 0.343 e. The van der Waals surface area contributed by atoms with Gasteiger partial charge < -0.3 is 4.74 Å². The molecular weight excluding hydrogens is 450 g/mol. The van der Waals surface area contributed by atoms with Crippen molar-refractivity contribution in [2.75, 3.05) is 7.05 Å². The third kappa shape index (κ3) is 3.81. The van der Waals surface area contributed by atoms with Crippen molar-refractivity contribution in [3.8, 4) is 0 Å². The molecule has 0 atom stereocenters. The van der Waals surface area contributed by atoms with Gasteiger partial charge in [0.25, 0.3) is 10.0 Å². The van der Waals surface area contributed by atoms with Crippen LogP contribution in [-0.4, -0.2) is 31.5 Å². The number of ether oxygens (including phenoxy) is 1. The molecule has 0 saturated heterocycles. The number of halogens is 1. The van der Waals surface area contributed by atoms with Crippen molar-refractivity contribution in [3.63, 3.8) is 0 Å². The number of sulfonamides is 1. The van der Waals surface area contributed by atoms with E-state index >= 15 is 0 Å². The minimum Gasteiger partial charge on any atom is -0.420 e. The molecule has 4 rings (SSSR count). The normalized spacial score (nSPS) is 14.7. The number of carbonyl (C=O) groups excluding carboxylic acids is 2. The highest BCUT2D eigenvalue weighted by molar-refractivity contribution is 7.89. The van der Waals surface area contributed by atoms with E-state index in [1.54, 1.807) is 36.4 Å². The lowest BCUT2D eigenvalue weighted by atomic mass is 10.0. The van der Waals surface area contributed by atoms with Gasteiger partial charge in [0.1, 0.15) is 5.70 Å². The van der Waals surface area contributed by atoms with E-state index in [9.17, 15) is 18.0 Å². The summed E-state index contributed by atoms with van der Waals surface area (Å²) in [5.41, 5.74) is 1.32. The molecule has 0 aromatic heterocycles. The van der Waals surface area contributed by atoms with Crippen LogP contribution in [0.15, 0.2) is 83.4 Å². The van der Waals surface area contributed by atoms with Crippen molar-refractivity contribution in [2.45, 2.75) is 11.8 Å². The van der Waals surface area contributed by atoms with Crippen LogP contribution in [0.25, 0.3) is 5.76 Å². The second-order valence-electron chi connectivity index (χ2n) is 7.24. The van der Waals surface area contributed by atoms with Crippen molar-refractivity contribution in [1.29, 1.82) is 0 Å². The number of rotatable bonds is 4. The number of fused-ring (bicyclic) bond motifs is 1. The third-order valence-corrected chi connectivity index (χ3v) is 7.17. The number of ketones is 1. The van der Waals surface area contributed by atoms with E-state index in [1.807, 2.05) is 6.92 Å². The predicted molar refractivity (Wildman–Crippen MR) is 121 cm³/mol. The van der Waals surface area contributed by atoms with Crippen LogP contribution in [-0.2, 0) is 14.8 Å². The molecular formula is C24H18ClNO5S. The van der Waals surface area contributed by atoms with Crippen molar-refractivity contribution in [1.82, 2.24) is 4.31 Å². The van der Waals surface area contributed by atoms with Crippen LogP contribution in [0, 0.1) is 6.92 Å². The van der Waals surface area contributed by atoms with Gasteiger partial charge in [-0.2, -0.15) is 0 Å². The van der Waals surface area contributed by atoms with Gasteiger partial charge in [0, 0.05) is 23.2 Å². The first kappa shape index (κ1) is 21.8. The lowest BCUT2D eigenvalue weighted by molar-refractivity contribution is 0.0686. The average molecular weight is 468 g/mol. The van der Waals surface area contributed by atoms with Crippen molar-refractivity contribution in [3.05, 3.63) is 106 Å². The van der Waals surface area contributed by atoms with Gasteiger partial charge in [0.05, 0.1) is 10.5 Å². The second-order valence-corrected chi connectivity index (χ2v) is 9.61. The van der Waals surface area contributed by atoms with Crippen LogP contribution < -0.4 is 0 Å². The smallest absolute Gasteiger partial charge is 0.343 e. The van der Waals surface area contributed by atoms with E-state index < -0.39 is 21.8 Å². The van der Waals surface area contributed by atoms with Crippen LogP contribution in [0.3, 0.4) is 0 Å². The first-order valence-corrected chi connectivity index (χ1v) is 11.4. The molecule has 0 aliphatic carbocycles. The summed E-state index contributed by atoms with van der Waals surface area (Å²) in [7, 11) is -2.76. The number of allylic oxidation sites excluding steroid dienone is 1. The van der Waals surface area contributed by atoms with Gasteiger partial charge >= 0.3 is 5.97 Å². The summed E-state index contributed by atoms with van der Waals surface area (Å²) < 4.78 is 32.8. The summed E-state index contributed by atoms with van der Waals surface area (Å²) in [6.45, 7) is 1.88. The molecule has 3 aromatic rings. The van der Waals surface area contributed by atoms with E-state index in [2.05, 4.69) is 0 Å². The molecule has 0 bridgehead atoms. The molecule has 8 heteroatoms. The number of esters is 1. The summed E-state index contributed by atoms with van der Waals surface area (Å²) in [5, 5.41) is 0.449. The Balaban J connectivity index is 1.90. The van der Waals surface area contributed by atoms with Gasteiger partial charge in [-0.25, -0.2) is 13.2 Å². The molecule has 162 valence electrons. The number of aryl methyl sites for hydroxylation is 1. The van der Waals surface area contributed by atoms with Gasteiger partial charge in [-0.3, -0.25) is 9.10 Å². The van der Waals surface area contributed by atoms with Gasteiger partial charge in [-0.15, -0.1) is 0 Å². The molecule has 0 fully saturated rings. The standard InChI is InChI=1S/C24H18ClNO5S/c1-15-7-9-16(10-8-15)22(27)21-23(31-24(28)17-11-13-18(25)14-12-17)19-5-3-4-6-20(19)32(29,30)26(21)2/h3-14H,1-2H3. The van der Waals surface area contributed by atoms with Crippen molar-refractivity contribution >= 4 is 39.1 Å². The number of hydrogen-bond acceptors (Lipinski definition) is 5. The largest absolute Gasteiger partial charge is 0.420 e. The fourth-order valence-corrected chi connectivity index (χ4v) is 4.86. The maximum atomic E-state index is 13.4. The molecule has 6 nitrogen and oxygen atoms in total. The fraction of sp³-hybridized carbons (Fsp3) is 0.0833. The number of benzene rings is 3. The minimum absolute atomic E-state index is 0.0538. The molecule has 3 aromatic carbocycles. The first-order chi connectivity index (χ1) is 15.2. The van der Waals surface area contributed by atoms with E-state index in [-0.39, 0.29) is 33.0 Å². The number of Topliss-reactive ketones (excluding diaryl/α,β-unsaturated/α-hetero) is 1. The van der Waals surface area contributed by atoms with E-state index in [4.69, 9.17) is 16.3 Å². The van der Waals surface area contributed by atoms with E-state index in [1.165, 1.54) is 43.4 Å². The van der Waals surface area contributed by atoms with Crippen LogP contribution in [0.5, 0.6) is 0 Å². The summed E-state index contributed by atoms with van der Waals surface area (Å²) >= 11 is 5.89. The Hall–Kier alpha value is -3.42. The molecule has 0 amide bonds. The number of hydrogen-bond donors (Lipinski definition) is 0. The molecule has 0 spiro atoms. The highest BCUT2D eigenvalue weighted by atomic mass is 35.5. The molecule has 0 unspecified atom stereocenters. The Morgan fingerprint density at radius 2 is 1.47 bits per heavy atom. The zero-order valence-electron chi connectivity index (χ0n) is 17.2. The Kier molecular flexibility index (Phi) is 5.62. The molecule has 1 heterocycles. The lowest BCUT2D eigenvalue weighted by Crippen LogP contribution is -2.36. The summed E-state index contributed by atoms with van der Waals surface area (Å²) in [6, 6.07) is 18.8. The Morgan fingerprint density at radius 1 is 0.875 bits per heavy atom. The summed E-state index contributed by atoms with van der Waals surface area (Å²) in [6.07, 6.45) is 0. The van der Waals surface area contributed by atoms with Crippen LogP contribution in [0.2, 0.25) is 5.02 Å². The molecule has 0 saturated carbocycles. The van der Waals surface area contributed by atoms with Gasteiger partial charge in [-0.1, -0.05) is 53.6 Å².